The van der Waals surface area contributed by atoms with Gasteiger partial charge in [-0.25, -0.2) is 0 Å². The van der Waals surface area contributed by atoms with Crippen LogP contribution < -0.4 is 14.8 Å². The zero-order chi connectivity index (χ0) is 22.1. The molecule has 0 atom stereocenters. The topological polar surface area (TPSA) is 65.4 Å². The second-order valence-electron chi connectivity index (χ2n) is 7.14. The summed E-state index contributed by atoms with van der Waals surface area (Å²) < 4.78 is 12.6. The molecule has 0 aliphatic rings. The standard InChI is InChI=1S/C23H22ClN3O3S/c1-13-9-19(29-3)20(30-4)11-18(13)25-22(28)21-10-16-14(2)26-27(23(16)31-21)12-15-7-5-6-8-17(15)24/h5-11H,12H2,1-4H3,(H,25,28). The van der Waals surface area contributed by atoms with Gasteiger partial charge in [0.1, 0.15) is 4.83 Å². The smallest absolute Gasteiger partial charge is 0.265 e. The highest BCUT2D eigenvalue weighted by molar-refractivity contribution is 7.20. The summed E-state index contributed by atoms with van der Waals surface area (Å²) in [6.45, 7) is 4.40. The quantitative estimate of drug-likeness (QED) is 0.406. The Labute approximate surface area is 189 Å². The second-order valence-corrected chi connectivity index (χ2v) is 8.58. The highest BCUT2D eigenvalue weighted by Gasteiger charge is 2.18. The average Bonchev–Trinajstić information content (AvgIpc) is 3.32. The van der Waals surface area contributed by atoms with Crippen LogP contribution in [0.25, 0.3) is 10.2 Å². The number of halogens is 1. The van der Waals surface area contributed by atoms with E-state index in [1.165, 1.54) is 11.3 Å². The highest BCUT2D eigenvalue weighted by Crippen LogP contribution is 2.34. The Hall–Kier alpha value is -3.03. The number of carbonyl (C=O) groups is 1. The maximum absolute atomic E-state index is 13.0. The number of rotatable bonds is 6. The van der Waals surface area contributed by atoms with Crippen molar-refractivity contribution in [3.05, 3.63) is 69.2 Å². The summed E-state index contributed by atoms with van der Waals surface area (Å²) in [4.78, 5) is 14.5. The summed E-state index contributed by atoms with van der Waals surface area (Å²) >= 11 is 7.73. The van der Waals surface area contributed by atoms with Crippen molar-refractivity contribution in [3.8, 4) is 11.5 Å². The molecule has 2 aromatic carbocycles. The van der Waals surface area contributed by atoms with E-state index in [-0.39, 0.29) is 5.91 Å². The fourth-order valence-corrected chi connectivity index (χ4v) is 4.67. The van der Waals surface area contributed by atoms with E-state index in [1.807, 2.05) is 54.9 Å². The third-order valence-electron chi connectivity index (χ3n) is 5.09. The van der Waals surface area contributed by atoms with Crippen molar-refractivity contribution in [2.45, 2.75) is 20.4 Å². The van der Waals surface area contributed by atoms with Crippen LogP contribution in [0.2, 0.25) is 5.02 Å². The van der Waals surface area contributed by atoms with Crippen molar-refractivity contribution in [3.63, 3.8) is 0 Å². The lowest BCUT2D eigenvalue weighted by Crippen LogP contribution is -2.11. The summed E-state index contributed by atoms with van der Waals surface area (Å²) in [5.41, 5.74) is 3.41. The van der Waals surface area contributed by atoms with Gasteiger partial charge in [0.2, 0.25) is 0 Å². The fourth-order valence-electron chi connectivity index (χ4n) is 3.42. The van der Waals surface area contributed by atoms with E-state index >= 15 is 0 Å². The maximum Gasteiger partial charge on any atom is 0.265 e. The molecule has 0 unspecified atom stereocenters. The minimum absolute atomic E-state index is 0.180. The number of ether oxygens (including phenoxy) is 2. The molecule has 0 fully saturated rings. The number of aryl methyl sites for hydroxylation is 2. The largest absolute Gasteiger partial charge is 0.493 e. The van der Waals surface area contributed by atoms with Crippen molar-refractivity contribution >= 4 is 44.7 Å². The predicted molar refractivity (Wildman–Crippen MR) is 125 cm³/mol. The lowest BCUT2D eigenvalue weighted by Gasteiger charge is -2.13. The highest BCUT2D eigenvalue weighted by atomic mass is 35.5. The number of aromatic nitrogens is 2. The summed E-state index contributed by atoms with van der Waals surface area (Å²) in [6.07, 6.45) is 0. The van der Waals surface area contributed by atoms with Gasteiger partial charge >= 0.3 is 0 Å². The van der Waals surface area contributed by atoms with Crippen molar-refractivity contribution in [1.82, 2.24) is 9.78 Å². The Morgan fingerprint density at radius 3 is 2.55 bits per heavy atom. The van der Waals surface area contributed by atoms with Crippen LogP contribution in [-0.4, -0.2) is 29.9 Å². The number of anilines is 1. The van der Waals surface area contributed by atoms with Gasteiger partial charge in [-0.2, -0.15) is 5.10 Å². The summed E-state index contributed by atoms with van der Waals surface area (Å²) in [7, 11) is 3.15. The Balaban J connectivity index is 1.63. The van der Waals surface area contributed by atoms with E-state index in [0.29, 0.717) is 33.6 Å². The molecule has 8 heteroatoms. The van der Waals surface area contributed by atoms with Gasteiger partial charge in [0.25, 0.3) is 5.91 Å². The zero-order valence-corrected chi connectivity index (χ0v) is 19.2. The zero-order valence-electron chi connectivity index (χ0n) is 17.7. The number of hydrogen-bond donors (Lipinski definition) is 1. The van der Waals surface area contributed by atoms with Crippen LogP contribution in [0.5, 0.6) is 11.5 Å². The molecule has 6 nitrogen and oxygen atoms in total. The predicted octanol–water partition coefficient (Wildman–Crippen LogP) is 5.69. The molecule has 4 aromatic rings. The molecule has 0 saturated carbocycles. The molecule has 1 N–H and O–H groups in total. The van der Waals surface area contributed by atoms with E-state index < -0.39 is 0 Å². The Bertz CT molecular complexity index is 1280. The molecule has 0 radical (unpaired) electrons. The first-order valence-electron chi connectivity index (χ1n) is 9.65. The molecule has 4 rings (SSSR count). The fraction of sp³-hybridized carbons (Fsp3) is 0.217. The molecule has 0 aliphatic carbocycles. The van der Waals surface area contributed by atoms with Gasteiger partial charge in [-0.15, -0.1) is 11.3 Å². The lowest BCUT2D eigenvalue weighted by atomic mass is 10.1. The molecule has 2 aromatic heterocycles. The number of nitrogens with zero attached hydrogens (tertiary/aromatic N) is 2. The first-order chi connectivity index (χ1) is 14.9. The van der Waals surface area contributed by atoms with Crippen molar-refractivity contribution < 1.29 is 14.3 Å². The van der Waals surface area contributed by atoms with Crippen LogP contribution in [0.1, 0.15) is 26.5 Å². The van der Waals surface area contributed by atoms with Crippen molar-refractivity contribution in [2.75, 3.05) is 19.5 Å². The summed E-state index contributed by atoms with van der Waals surface area (Å²) in [6, 6.07) is 13.2. The Kier molecular flexibility index (Phi) is 5.89. The SMILES string of the molecule is COc1cc(C)c(NC(=O)c2cc3c(C)nn(Cc4ccccc4Cl)c3s2)cc1OC. The molecule has 160 valence electrons. The molecule has 31 heavy (non-hydrogen) atoms. The number of nitrogens with one attached hydrogen (secondary N) is 1. The Morgan fingerprint density at radius 2 is 1.84 bits per heavy atom. The third-order valence-corrected chi connectivity index (χ3v) is 6.60. The maximum atomic E-state index is 13.0. The first kappa shape index (κ1) is 21.2. The second kappa shape index (κ2) is 8.61. The van der Waals surface area contributed by atoms with Crippen LogP contribution in [0, 0.1) is 13.8 Å². The molecular formula is C23H22ClN3O3S. The number of hydrogen-bond acceptors (Lipinski definition) is 5. The van der Waals surface area contributed by atoms with Crippen LogP contribution in [0.3, 0.4) is 0 Å². The van der Waals surface area contributed by atoms with Crippen LogP contribution in [0.15, 0.2) is 42.5 Å². The van der Waals surface area contributed by atoms with Gasteiger partial charge in [0, 0.05) is 22.2 Å². The van der Waals surface area contributed by atoms with Crippen LogP contribution >= 0.6 is 22.9 Å². The number of thiophene rings is 1. The third kappa shape index (κ3) is 4.11. The Morgan fingerprint density at radius 1 is 1.13 bits per heavy atom. The van der Waals surface area contributed by atoms with E-state index in [9.17, 15) is 4.79 Å². The average molecular weight is 456 g/mol. The van der Waals surface area contributed by atoms with E-state index in [1.54, 1.807) is 20.3 Å². The van der Waals surface area contributed by atoms with E-state index in [0.717, 1.165) is 27.0 Å². The van der Waals surface area contributed by atoms with Crippen molar-refractivity contribution in [2.24, 2.45) is 0 Å². The van der Waals surface area contributed by atoms with Gasteiger partial charge in [-0.3, -0.25) is 9.48 Å². The lowest BCUT2D eigenvalue weighted by molar-refractivity contribution is 0.103. The summed E-state index contributed by atoms with van der Waals surface area (Å²) in [5, 5.41) is 9.28. The van der Waals surface area contributed by atoms with Gasteiger partial charge in [0.05, 0.1) is 31.3 Å². The van der Waals surface area contributed by atoms with E-state index in [2.05, 4.69) is 10.4 Å². The van der Waals surface area contributed by atoms with Gasteiger partial charge in [-0.1, -0.05) is 29.8 Å². The minimum Gasteiger partial charge on any atom is -0.493 e. The first-order valence-corrected chi connectivity index (χ1v) is 10.8. The minimum atomic E-state index is -0.180. The molecule has 1 amide bonds. The molecule has 2 heterocycles. The number of carbonyl (C=O) groups excluding carboxylic acids is 1. The molecule has 0 aliphatic heterocycles. The number of amides is 1. The number of fused-ring (bicyclic) bond motifs is 1. The summed E-state index contributed by atoms with van der Waals surface area (Å²) in [5.74, 6) is 1.00. The molecular weight excluding hydrogens is 434 g/mol. The van der Waals surface area contributed by atoms with Gasteiger partial charge in [0.15, 0.2) is 11.5 Å². The van der Waals surface area contributed by atoms with E-state index in [4.69, 9.17) is 21.1 Å². The number of methoxy groups -OCH3 is 2. The van der Waals surface area contributed by atoms with Crippen LogP contribution in [-0.2, 0) is 6.54 Å². The molecule has 0 bridgehead atoms. The van der Waals surface area contributed by atoms with Crippen molar-refractivity contribution in [1.29, 1.82) is 0 Å². The molecule has 0 spiro atoms. The van der Waals surface area contributed by atoms with Gasteiger partial charge in [-0.05, 0) is 43.2 Å². The molecule has 0 saturated heterocycles. The monoisotopic (exact) mass is 455 g/mol. The van der Waals surface area contributed by atoms with Crippen LogP contribution in [0.4, 0.5) is 5.69 Å². The number of benzene rings is 2. The van der Waals surface area contributed by atoms with Gasteiger partial charge < -0.3 is 14.8 Å². The normalized spacial score (nSPS) is 11.0.